The van der Waals surface area contributed by atoms with E-state index in [4.69, 9.17) is 0 Å². The van der Waals surface area contributed by atoms with E-state index in [0.717, 1.165) is 22.3 Å². The Hall–Kier alpha value is -2.54. The van der Waals surface area contributed by atoms with Crippen LogP contribution >= 0.6 is 0 Å². The molecule has 0 fully saturated rings. The average Bonchev–Trinajstić information content (AvgIpc) is 2.67. The van der Waals surface area contributed by atoms with Crippen LogP contribution in [0.3, 0.4) is 0 Å². The highest BCUT2D eigenvalue weighted by molar-refractivity contribution is 5.81. The molecule has 0 aliphatic carbocycles. The van der Waals surface area contributed by atoms with Crippen LogP contribution in [0, 0.1) is 0 Å². The Morgan fingerprint density at radius 1 is 0.478 bits per heavy atom. The number of aromatic hydroxyl groups is 1. The number of benzene rings is 3. The molecule has 3 rings (SSSR count). The van der Waals surface area contributed by atoms with Crippen molar-refractivity contribution < 1.29 is 5.11 Å². The molecule has 120 valence electrons. The molecule has 0 amide bonds. The molecule has 0 unspecified atom stereocenters. The minimum absolute atomic E-state index is 0.333. The third-order valence-electron chi connectivity index (χ3n) is 3.21. The van der Waals surface area contributed by atoms with Gasteiger partial charge in [-0.2, -0.15) is 0 Å². The van der Waals surface area contributed by atoms with E-state index in [0.29, 0.717) is 5.75 Å². The fourth-order valence-electron chi connectivity index (χ4n) is 2.24. The standard InChI is InChI=1S/C18H14O.2C2H6/c19-18-16(14-8-3-1-4-9-14)12-7-13-17(18)15-10-5-2-6-11-15;2*1-2/h1-13,19H;2*1-2H3. The normalized spacial score (nSPS) is 9.04. The van der Waals surface area contributed by atoms with E-state index < -0.39 is 0 Å². The molecule has 0 aliphatic heterocycles. The van der Waals surface area contributed by atoms with Gasteiger partial charge in [0.05, 0.1) is 0 Å². The summed E-state index contributed by atoms with van der Waals surface area (Å²) in [7, 11) is 0. The van der Waals surface area contributed by atoms with Gasteiger partial charge in [-0.25, -0.2) is 0 Å². The molecule has 0 saturated carbocycles. The van der Waals surface area contributed by atoms with Crippen molar-refractivity contribution >= 4 is 0 Å². The predicted molar refractivity (Wildman–Crippen MR) is 102 cm³/mol. The summed E-state index contributed by atoms with van der Waals surface area (Å²) in [5.74, 6) is 0.333. The molecule has 0 saturated heterocycles. The lowest BCUT2D eigenvalue weighted by Gasteiger charge is -2.10. The summed E-state index contributed by atoms with van der Waals surface area (Å²) in [5.41, 5.74) is 3.78. The molecule has 0 aromatic heterocycles. The smallest absolute Gasteiger partial charge is 0.131 e. The lowest BCUT2D eigenvalue weighted by atomic mass is 9.97. The summed E-state index contributed by atoms with van der Waals surface area (Å²) in [5, 5.41) is 10.5. The van der Waals surface area contributed by atoms with Gasteiger partial charge in [-0.05, 0) is 11.1 Å². The van der Waals surface area contributed by atoms with Gasteiger partial charge >= 0.3 is 0 Å². The quantitative estimate of drug-likeness (QED) is 0.553. The first-order chi connectivity index (χ1) is 11.4. The highest BCUT2D eigenvalue weighted by Gasteiger charge is 2.09. The van der Waals surface area contributed by atoms with Crippen LogP contribution in [0.5, 0.6) is 5.75 Å². The zero-order chi connectivity index (χ0) is 17.1. The van der Waals surface area contributed by atoms with E-state index in [9.17, 15) is 5.11 Å². The van der Waals surface area contributed by atoms with Gasteiger partial charge in [0.15, 0.2) is 0 Å². The average molecular weight is 306 g/mol. The van der Waals surface area contributed by atoms with Crippen molar-refractivity contribution in [2.75, 3.05) is 0 Å². The summed E-state index contributed by atoms with van der Waals surface area (Å²) < 4.78 is 0. The van der Waals surface area contributed by atoms with Gasteiger partial charge in [0.2, 0.25) is 0 Å². The van der Waals surface area contributed by atoms with Crippen molar-refractivity contribution in [3.8, 4) is 28.0 Å². The molecule has 0 radical (unpaired) electrons. The van der Waals surface area contributed by atoms with Crippen LogP contribution in [-0.2, 0) is 0 Å². The lowest BCUT2D eigenvalue weighted by Crippen LogP contribution is -1.83. The predicted octanol–water partition coefficient (Wildman–Crippen LogP) is 6.78. The molecule has 3 aromatic rings. The summed E-state index contributed by atoms with van der Waals surface area (Å²) in [6.45, 7) is 8.00. The fourth-order valence-corrected chi connectivity index (χ4v) is 2.24. The lowest BCUT2D eigenvalue weighted by molar-refractivity contribution is 0.479. The number of rotatable bonds is 2. The molecule has 0 spiro atoms. The summed E-state index contributed by atoms with van der Waals surface area (Å²) in [6, 6.07) is 25.7. The second kappa shape index (κ2) is 10.2. The summed E-state index contributed by atoms with van der Waals surface area (Å²) >= 11 is 0. The van der Waals surface area contributed by atoms with Crippen LogP contribution in [0.2, 0.25) is 0 Å². The van der Waals surface area contributed by atoms with Crippen LogP contribution in [0.4, 0.5) is 0 Å². The van der Waals surface area contributed by atoms with Gasteiger partial charge in [0.25, 0.3) is 0 Å². The number of hydrogen-bond donors (Lipinski definition) is 1. The van der Waals surface area contributed by atoms with Gasteiger partial charge in [0, 0.05) is 11.1 Å². The van der Waals surface area contributed by atoms with Crippen molar-refractivity contribution in [3.05, 3.63) is 78.9 Å². The Kier molecular flexibility index (Phi) is 8.23. The summed E-state index contributed by atoms with van der Waals surface area (Å²) in [6.07, 6.45) is 0. The molecule has 0 aliphatic rings. The molecular weight excluding hydrogens is 280 g/mol. The SMILES string of the molecule is CC.CC.Oc1c(-c2ccccc2)cccc1-c1ccccc1. The van der Waals surface area contributed by atoms with Crippen molar-refractivity contribution in [1.29, 1.82) is 0 Å². The highest BCUT2D eigenvalue weighted by Crippen LogP contribution is 2.37. The second-order valence-corrected chi connectivity index (χ2v) is 4.43. The van der Waals surface area contributed by atoms with E-state index in [1.807, 2.05) is 107 Å². The van der Waals surface area contributed by atoms with E-state index >= 15 is 0 Å². The molecular formula is C22H26O. The Labute approximate surface area is 140 Å². The van der Waals surface area contributed by atoms with Crippen molar-refractivity contribution in [1.82, 2.24) is 0 Å². The highest BCUT2D eigenvalue weighted by atomic mass is 16.3. The number of para-hydroxylation sites is 1. The number of phenols is 1. The van der Waals surface area contributed by atoms with Crippen molar-refractivity contribution in [2.24, 2.45) is 0 Å². The van der Waals surface area contributed by atoms with E-state index in [1.54, 1.807) is 0 Å². The molecule has 23 heavy (non-hydrogen) atoms. The van der Waals surface area contributed by atoms with Crippen molar-refractivity contribution in [3.63, 3.8) is 0 Å². The van der Waals surface area contributed by atoms with E-state index in [-0.39, 0.29) is 0 Å². The zero-order valence-corrected chi connectivity index (χ0v) is 14.5. The third-order valence-corrected chi connectivity index (χ3v) is 3.21. The largest absolute Gasteiger partial charge is 0.507 e. The number of phenolic OH excluding ortho intramolecular Hbond substituents is 1. The van der Waals surface area contributed by atoms with Crippen LogP contribution in [0.1, 0.15) is 27.7 Å². The van der Waals surface area contributed by atoms with Crippen LogP contribution in [0.15, 0.2) is 78.9 Å². The van der Waals surface area contributed by atoms with Crippen LogP contribution in [0.25, 0.3) is 22.3 Å². The molecule has 1 heteroatoms. The molecule has 0 atom stereocenters. The second-order valence-electron chi connectivity index (χ2n) is 4.43. The van der Waals surface area contributed by atoms with E-state index in [1.165, 1.54) is 0 Å². The molecule has 1 N–H and O–H groups in total. The van der Waals surface area contributed by atoms with Crippen LogP contribution < -0.4 is 0 Å². The molecule has 0 heterocycles. The molecule has 1 nitrogen and oxygen atoms in total. The third kappa shape index (κ3) is 4.72. The first kappa shape index (κ1) is 18.5. The van der Waals surface area contributed by atoms with Gasteiger partial charge < -0.3 is 5.11 Å². The fraction of sp³-hybridized carbons (Fsp3) is 0.182. The maximum atomic E-state index is 10.5. The van der Waals surface area contributed by atoms with Gasteiger partial charge in [-0.3, -0.25) is 0 Å². The molecule has 3 aromatic carbocycles. The number of hydrogen-bond acceptors (Lipinski definition) is 1. The Bertz CT molecular complexity index is 615. The van der Waals surface area contributed by atoms with Crippen LogP contribution in [-0.4, -0.2) is 5.11 Å². The first-order valence-electron chi connectivity index (χ1n) is 8.29. The topological polar surface area (TPSA) is 20.2 Å². The zero-order valence-electron chi connectivity index (χ0n) is 14.5. The van der Waals surface area contributed by atoms with E-state index in [2.05, 4.69) is 0 Å². The Morgan fingerprint density at radius 3 is 1.17 bits per heavy atom. The molecule has 0 bridgehead atoms. The summed E-state index contributed by atoms with van der Waals surface area (Å²) in [4.78, 5) is 0. The van der Waals surface area contributed by atoms with Gasteiger partial charge in [0.1, 0.15) is 5.75 Å². The minimum Gasteiger partial charge on any atom is -0.507 e. The maximum absolute atomic E-state index is 10.5. The van der Waals surface area contributed by atoms with Gasteiger partial charge in [-0.1, -0.05) is 107 Å². The Balaban J connectivity index is 0.000000615. The van der Waals surface area contributed by atoms with Crippen molar-refractivity contribution in [2.45, 2.75) is 27.7 Å². The monoisotopic (exact) mass is 306 g/mol. The Morgan fingerprint density at radius 2 is 0.826 bits per heavy atom. The minimum atomic E-state index is 0.333. The van der Waals surface area contributed by atoms with Gasteiger partial charge in [-0.15, -0.1) is 0 Å². The first-order valence-corrected chi connectivity index (χ1v) is 8.29. The maximum Gasteiger partial charge on any atom is 0.131 e.